The van der Waals surface area contributed by atoms with Gasteiger partial charge in [-0.2, -0.15) is 0 Å². The molecule has 1 aromatic carbocycles. The molecule has 0 spiro atoms. The molecule has 0 aliphatic rings. The van der Waals surface area contributed by atoms with Crippen molar-refractivity contribution in [1.82, 2.24) is 9.88 Å². The maximum atomic E-state index is 10.3. The molecule has 0 fully saturated rings. The predicted octanol–water partition coefficient (Wildman–Crippen LogP) is 1.54. The molecule has 5 heteroatoms. The van der Waals surface area contributed by atoms with Crippen molar-refractivity contribution in [3.63, 3.8) is 0 Å². The molecule has 2 rings (SSSR count). The Morgan fingerprint density at radius 2 is 2.10 bits per heavy atom. The maximum Gasteiger partial charge on any atom is 0.0917 e. The molecule has 108 valence electrons. The second-order valence-corrected chi connectivity index (χ2v) is 5.69. The Kier molecular flexibility index (Phi) is 4.11. The molecule has 5 nitrogen and oxygen atoms in total. The number of nitrogen functional groups attached to an aromatic ring is 1. The van der Waals surface area contributed by atoms with Gasteiger partial charge >= 0.3 is 0 Å². The lowest BCUT2D eigenvalue weighted by atomic mass is 10.1. The Balaban J connectivity index is 2.16. The van der Waals surface area contributed by atoms with Crippen LogP contribution in [-0.2, 0) is 0 Å². The number of nitrogens with two attached hydrogens (primary N) is 1. The summed E-state index contributed by atoms with van der Waals surface area (Å²) < 4.78 is 0. The van der Waals surface area contributed by atoms with E-state index >= 15 is 0 Å². The first-order chi connectivity index (χ1) is 9.39. The summed E-state index contributed by atoms with van der Waals surface area (Å²) in [4.78, 5) is 6.22. The summed E-state index contributed by atoms with van der Waals surface area (Å²) in [5, 5.41) is 14.4. The lowest BCUT2D eigenvalue weighted by Crippen LogP contribution is -2.43. The van der Waals surface area contributed by atoms with Crippen LogP contribution < -0.4 is 11.1 Å². The van der Waals surface area contributed by atoms with Gasteiger partial charge in [-0.15, -0.1) is 0 Å². The van der Waals surface area contributed by atoms with Crippen LogP contribution in [-0.4, -0.2) is 47.8 Å². The molecule has 1 heterocycles. The van der Waals surface area contributed by atoms with Crippen LogP contribution >= 0.6 is 0 Å². The number of hydrogen-bond donors (Lipinski definition) is 3. The lowest BCUT2D eigenvalue weighted by Gasteiger charge is -2.27. The summed E-state index contributed by atoms with van der Waals surface area (Å²) in [5.41, 5.74) is 7.69. The highest BCUT2D eigenvalue weighted by atomic mass is 16.3. The standard InChI is InChI=1S/C15H22N4O/c1-15(20,10-19(2)3)9-18-13-7-6-12-11(14(13)16)5-4-8-17-12/h4-8,18,20H,9-10,16H2,1-3H3. The minimum absolute atomic E-state index is 0.432. The Morgan fingerprint density at radius 3 is 2.80 bits per heavy atom. The van der Waals surface area contributed by atoms with E-state index < -0.39 is 5.60 Å². The van der Waals surface area contributed by atoms with Crippen LogP contribution in [0.15, 0.2) is 30.5 Å². The molecule has 0 aliphatic heterocycles. The smallest absolute Gasteiger partial charge is 0.0917 e. The number of hydrogen-bond acceptors (Lipinski definition) is 5. The first kappa shape index (κ1) is 14.6. The second-order valence-electron chi connectivity index (χ2n) is 5.69. The van der Waals surface area contributed by atoms with Gasteiger partial charge in [0, 0.05) is 24.7 Å². The topological polar surface area (TPSA) is 74.4 Å². The maximum absolute atomic E-state index is 10.3. The van der Waals surface area contributed by atoms with Gasteiger partial charge < -0.3 is 21.1 Å². The molecule has 0 bridgehead atoms. The number of nitrogens with zero attached hydrogens (tertiary/aromatic N) is 2. The van der Waals surface area contributed by atoms with E-state index in [9.17, 15) is 5.11 Å². The molecule has 2 aromatic rings. The number of nitrogens with one attached hydrogen (secondary N) is 1. The highest BCUT2D eigenvalue weighted by Crippen LogP contribution is 2.27. The number of aliphatic hydroxyl groups is 1. The highest BCUT2D eigenvalue weighted by molar-refractivity contribution is 5.96. The van der Waals surface area contributed by atoms with Crippen LogP contribution in [0, 0.1) is 0 Å². The minimum Gasteiger partial charge on any atom is -0.397 e. The lowest BCUT2D eigenvalue weighted by molar-refractivity contribution is 0.0460. The largest absolute Gasteiger partial charge is 0.397 e. The van der Waals surface area contributed by atoms with Crippen LogP contribution in [0.1, 0.15) is 6.92 Å². The second kappa shape index (κ2) is 5.64. The van der Waals surface area contributed by atoms with Gasteiger partial charge in [-0.05, 0) is 45.3 Å². The molecule has 0 aliphatic carbocycles. The van der Waals surface area contributed by atoms with E-state index in [1.165, 1.54) is 0 Å². The number of likely N-dealkylation sites (N-methyl/N-ethyl adjacent to an activating group) is 1. The fourth-order valence-electron chi connectivity index (χ4n) is 2.35. The van der Waals surface area contributed by atoms with Gasteiger partial charge in [0.1, 0.15) is 0 Å². The zero-order chi connectivity index (χ0) is 14.8. The van der Waals surface area contributed by atoms with E-state index in [4.69, 9.17) is 5.73 Å². The molecule has 1 aromatic heterocycles. The third-order valence-electron chi connectivity index (χ3n) is 3.14. The summed E-state index contributed by atoms with van der Waals surface area (Å²) >= 11 is 0. The molecule has 0 saturated heterocycles. The van der Waals surface area contributed by atoms with E-state index in [0.29, 0.717) is 18.8 Å². The van der Waals surface area contributed by atoms with Crippen molar-refractivity contribution in [2.24, 2.45) is 0 Å². The summed E-state index contributed by atoms with van der Waals surface area (Å²) in [6, 6.07) is 7.64. The molecule has 4 N–H and O–H groups in total. The molecular weight excluding hydrogens is 252 g/mol. The van der Waals surface area contributed by atoms with E-state index in [1.54, 1.807) is 13.1 Å². The van der Waals surface area contributed by atoms with E-state index in [-0.39, 0.29) is 0 Å². The van der Waals surface area contributed by atoms with Crippen molar-refractivity contribution in [1.29, 1.82) is 0 Å². The first-order valence-electron chi connectivity index (χ1n) is 6.63. The fraction of sp³-hybridized carbons (Fsp3) is 0.400. The zero-order valence-electron chi connectivity index (χ0n) is 12.2. The Morgan fingerprint density at radius 1 is 1.35 bits per heavy atom. The number of aromatic nitrogens is 1. The van der Waals surface area contributed by atoms with Gasteiger partial charge in [-0.25, -0.2) is 0 Å². The van der Waals surface area contributed by atoms with Crippen molar-refractivity contribution in [3.05, 3.63) is 30.5 Å². The highest BCUT2D eigenvalue weighted by Gasteiger charge is 2.21. The van der Waals surface area contributed by atoms with Crippen LogP contribution in [0.3, 0.4) is 0 Å². The van der Waals surface area contributed by atoms with Gasteiger partial charge in [-0.1, -0.05) is 0 Å². The van der Waals surface area contributed by atoms with Gasteiger partial charge in [0.25, 0.3) is 0 Å². The summed E-state index contributed by atoms with van der Waals surface area (Å²) in [6.45, 7) is 2.81. The van der Waals surface area contributed by atoms with Crippen molar-refractivity contribution in [3.8, 4) is 0 Å². The molecule has 0 saturated carbocycles. The molecule has 1 atom stereocenters. The number of rotatable bonds is 5. The van der Waals surface area contributed by atoms with Crippen LogP contribution in [0.2, 0.25) is 0 Å². The normalized spacial score (nSPS) is 14.4. The quantitative estimate of drug-likeness (QED) is 0.721. The van der Waals surface area contributed by atoms with Crippen molar-refractivity contribution < 1.29 is 5.11 Å². The summed E-state index contributed by atoms with van der Waals surface area (Å²) in [7, 11) is 3.87. The van der Waals surface area contributed by atoms with Crippen molar-refractivity contribution >= 4 is 22.3 Å². The van der Waals surface area contributed by atoms with Gasteiger partial charge in [0.15, 0.2) is 0 Å². The predicted molar refractivity (Wildman–Crippen MR) is 83.8 cm³/mol. The Bertz CT molecular complexity index is 595. The van der Waals surface area contributed by atoms with Crippen LogP contribution in [0.25, 0.3) is 10.9 Å². The summed E-state index contributed by atoms with van der Waals surface area (Å²) in [5.74, 6) is 0. The number of benzene rings is 1. The number of pyridine rings is 1. The van der Waals surface area contributed by atoms with Gasteiger partial charge in [-0.3, -0.25) is 4.98 Å². The fourth-order valence-corrected chi connectivity index (χ4v) is 2.35. The van der Waals surface area contributed by atoms with Crippen molar-refractivity contribution in [2.45, 2.75) is 12.5 Å². The van der Waals surface area contributed by atoms with Crippen molar-refractivity contribution in [2.75, 3.05) is 38.2 Å². The van der Waals surface area contributed by atoms with E-state index in [2.05, 4.69) is 10.3 Å². The average molecular weight is 274 g/mol. The van der Waals surface area contributed by atoms with Crippen LogP contribution in [0.4, 0.5) is 11.4 Å². The average Bonchev–Trinajstić information content (AvgIpc) is 2.37. The Hall–Kier alpha value is -1.85. The van der Waals surface area contributed by atoms with Gasteiger partial charge in [0.2, 0.25) is 0 Å². The molecule has 1 unspecified atom stereocenters. The first-order valence-corrected chi connectivity index (χ1v) is 6.63. The molecule has 20 heavy (non-hydrogen) atoms. The monoisotopic (exact) mass is 274 g/mol. The molecule has 0 radical (unpaired) electrons. The number of fused-ring (bicyclic) bond motifs is 1. The zero-order valence-corrected chi connectivity index (χ0v) is 12.2. The summed E-state index contributed by atoms with van der Waals surface area (Å²) in [6.07, 6.45) is 1.75. The molecule has 0 amide bonds. The third-order valence-corrected chi connectivity index (χ3v) is 3.14. The minimum atomic E-state index is -0.820. The van der Waals surface area contributed by atoms with E-state index in [1.807, 2.05) is 43.3 Å². The van der Waals surface area contributed by atoms with Gasteiger partial charge in [0.05, 0.1) is 22.5 Å². The SMILES string of the molecule is CN(C)CC(C)(O)CNc1ccc2ncccc2c1N. The van der Waals surface area contributed by atoms with Crippen LogP contribution in [0.5, 0.6) is 0 Å². The molecular formula is C15H22N4O. The third kappa shape index (κ3) is 3.37. The van der Waals surface area contributed by atoms with E-state index in [0.717, 1.165) is 16.6 Å². The Labute approximate surface area is 119 Å². The number of anilines is 2.